The quantitative estimate of drug-likeness (QED) is 0.174. The van der Waals surface area contributed by atoms with Gasteiger partial charge in [-0.15, -0.1) is 4.33 Å². The first kappa shape index (κ1) is 17.9. The molecule has 0 bridgehead atoms. The van der Waals surface area contributed by atoms with Crippen molar-refractivity contribution in [2.24, 2.45) is 0 Å². The Balaban J connectivity index is 0. The van der Waals surface area contributed by atoms with E-state index in [-0.39, 0.29) is 6.61 Å². The van der Waals surface area contributed by atoms with E-state index < -0.39 is 10.4 Å². The van der Waals surface area contributed by atoms with Crippen LogP contribution in [0.15, 0.2) is 12.7 Å². The van der Waals surface area contributed by atoms with E-state index in [9.17, 15) is 13.0 Å². The van der Waals surface area contributed by atoms with Gasteiger partial charge in [0.25, 0.3) is 0 Å². The molecule has 0 saturated heterocycles. The summed E-state index contributed by atoms with van der Waals surface area (Å²) in [6.07, 6.45) is 1.96. The van der Waals surface area contributed by atoms with Crippen molar-refractivity contribution in [2.75, 3.05) is 33.8 Å². The molecule has 0 aromatic carbocycles. The first-order chi connectivity index (χ1) is 7.18. The van der Waals surface area contributed by atoms with E-state index in [4.69, 9.17) is 0 Å². The Labute approximate surface area is 97.9 Å². The maximum Gasteiger partial charge on any atom is 0.245 e. The fourth-order valence-electron chi connectivity index (χ4n) is 0.586. The smallest absolute Gasteiger partial charge is 0.245 e. The van der Waals surface area contributed by atoms with Crippen molar-refractivity contribution < 1.29 is 26.7 Å². The summed E-state index contributed by atoms with van der Waals surface area (Å²) < 4.78 is 32.8. The molecule has 0 amide bonds. The lowest BCUT2D eigenvalue weighted by molar-refractivity contribution is -0.882. The minimum atomic E-state index is -4.66. The number of quaternary nitrogens is 1. The van der Waals surface area contributed by atoms with Crippen molar-refractivity contribution in [1.82, 2.24) is 0 Å². The standard InChI is InChI=1S/C7H16N.C2H6O5S/c1-5-7-8(3,4)6-2;1-2-6-7-8(3,4)5/h5H,1,6-7H2,2-4H3;2H2,1H3,(H,3,4,5)/q+1;/p-1. The van der Waals surface area contributed by atoms with E-state index >= 15 is 0 Å². The van der Waals surface area contributed by atoms with Crippen LogP contribution in [0.25, 0.3) is 0 Å². The lowest BCUT2D eigenvalue weighted by Crippen LogP contribution is -2.38. The number of likely N-dealkylation sites (N-methyl/N-ethyl adjacent to an activating group) is 1. The molecule has 0 atom stereocenters. The minimum absolute atomic E-state index is 0.0292. The largest absolute Gasteiger partial charge is 0.724 e. The first-order valence-corrected chi connectivity index (χ1v) is 6.21. The zero-order chi connectivity index (χ0) is 13.2. The first-order valence-electron chi connectivity index (χ1n) is 4.88. The molecular formula is C9H21NO5S. The average molecular weight is 255 g/mol. The van der Waals surface area contributed by atoms with Crippen molar-refractivity contribution in [2.45, 2.75) is 13.8 Å². The van der Waals surface area contributed by atoms with Crippen LogP contribution in [0.2, 0.25) is 0 Å². The molecule has 0 fully saturated rings. The van der Waals surface area contributed by atoms with Crippen LogP contribution in [0.3, 0.4) is 0 Å². The highest BCUT2D eigenvalue weighted by molar-refractivity contribution is 7.80. The zero-order valence-electron chi connectivity index (χ0n) is 10.3. The van der Waals surface area contributed by atoms with Gasteiger partial charge >= 0.3 is 0 Å². The third kappa shape index (κ3) is 16.0. The molecule has 0 N–H and O–H groups in total. The third-order valence-corrected chi connectivity index (χ3v) is 1.99. The van der Waals surface area contributed by atoms with E-state index in [1.807, 2.05) is 6.08 Å². The van der Waals surface area contributed by atoms with Crippen LogP contribution in [-0.4, -0.2) is 51.2 Å². The number of hydrogen-bond acceptors (Lipinski definition) is 5. The second kappa shape index (κ2) is 8.66. The van der Waals surface area contributed by atoms with E-state index in [1.165, 1.54) is 13.5 Å². The van der Waals surface area contributed by atoms with Gasteiger partial charge in [-0.1, -0.05) is 6.58 Å². The van der Waals surface area contributed by atoms with Gasteiger partial charge in [-0.05, 0) is 19.9 Å². The fourth-order valence-corrected chi connectivity index (χ4v) is 0.800. The van der Waals surface area contributed by atoms with Crippen molar-refractivity contribution in [3.63, 3.8) is 0 Å². The van der Waals surface area contributed by atoms with Gasteiger partial charge in [0.05, 0.1) is 33.8 Å². The molecule has 16 heavy (non-hydrogen) atoms. The Bertz CT molecular complexity index is 274. The van der Waals surface area contributed by atoms with Crippen molar-refractivity contribution in [1.29, 1.82) is 0 Å². The Morgan fingerprint density at radius 1 is 1.38 bits per heavy atom. The van der Waals surface area contributed by atoms with Gasteiger partial charge < -0.3 is 9.04 Å². The van der Waals surface area contributed by atoms with Crippen LogP contribution in [-0.2, 0) is 19.6 Å². The van der Waals surface area contributed by atoms with Crippen LogP contribution in [0.4, 0.5) is 0 Å². The van der Waals surface area contributed by atoms with Crippen molar-refractivity contribution >= 4 is 10.4 Å². The third-order valence-electron chi connectivity index (χ3n) is 1.73. The van der Waals surface area contributed by atoms with Gasteiger partial charge in [0.2, 0.25) is 10.4 Å². The van der Waals surface area contributed by atoms with Crippen LogP contribution in [0, 0.1) is 0 Å². The summed E-state index contributed by atoms with van der Waals surface area (Å²) >= 11 is 0. The van der Waals surface area contributed by atoms with E-state index in [0.717, 1.165) is 11.0 Å². The summed E-state index contributed by atoms with van der Waals surface area (Å²) in [6, 6.07) is 0. The second-order valence-electron chi connectivity index (χ2n) is 3.61. The minimum Gasteiger partial charge on any atom is -0.724 e. The number of rotatable bonds is 6. The van der Waals surface area contributed by atoms with Gasteiger partial charge in [-0.25, -0.2) is 13.3 Å². The highest BCUT2D eigenvalue weighted by Crippen LogP contribution is 1.93. The van der Waals surface area contributed by atoms with Crippen molar-refractivity contribution in [3.05, 3.63) is 12.7 Å². The maximum absolute atomic E-state index is 9.49. The predicted molar refractivity (Wildman–Crippen MR) is 60.1 cm³/mol. The van der Waals surface area contributed by atoms with E-state index in [2.05, 4.69) is 36.8 Å². The van der Waals surface area contributed by atoms with Crippen LogP contribution >= 0.6 is 0 Å². The topological polar surface area (TPSA) is 75.7 Å². The zero-order valence-corrected chi connectivity index (χ0v) is 11.1. The second-order valence-corrected chi connectivity index (χ2v) is 4.56. The van der Waals surface area contributed by atoms with Gasteiger partial charge in [-0.3, -0.25) is 0 Å². The predicted octanol–water partition coefficient (Wildman–Crippen LogP) is 0.683. The molecule has 0 aromatic heterocycles. The lowest BCUT2D eigenvalue weighted by atomic mass is 10.4. The van der Waals surface area contributed by atoms with Gasteiger partial charge in [-0.2, -0.15) is 0 Å². The van der Waals surface area contributed by atoms with Gasteiger partial charge in [0.1, 0.15) is 0 Å². The molecule has 0 aliphatic heterocycles. The Morgan fingerprint density at radius 2 is 1.88 bits per heavy atom. The molecule has 0 rings (SSSR count). The monoisotopic (exact) mass is 255 g/mol. The van der Waals surface area contributed by atoms with Crippen LogP contribution < -0.4 is 0 Å². The van der Waals surface area contributed by atoms with E-state index in [0.29, 0.717) is 0 Å². The molecule has 98 valence electrons. The average Bonchev–Trinajstić information content (AvgIpc) is 2.15. The van der Waals surface area contributed by atoms with Crippen LogP contribution in [0.1, 0.15) is 13.8 Å². The number of nitrogens with zero attached hydrogens (tertiary/aromatic N) is 1. The fraction of sp³-hybridized carbons (Fsp3) is 0.778. The van der Waals surface area contributed by atoms with Gasteiger partial charge in [0.15, 0.2) is 0 Å². The highest BCUT2D eigenvalue weighted by Gasteiger charge is 2.06. The molecule has 0 spiro atoms. The summed E-state index contributed by atoms with van der Waals surface area (Å²) in [5.41, 5.74) is 0. The van der Waals surface area contributed by atoms with Gasteiger partial charge in [0, 0.05) is 0 Å². The summed E-state index contributed by atoms with van der Waals surface area (Å²) in [5, 5.41) is 0. The SMILES string of the molecule is C=CC[N+](C)(C)CC.CCOOS(=O)(=O)[O-]. The molecule has 0 unspecified atom stereocenters. The molecule has 7 heteroatoms. The molecular weight excluding hydrogens is 234 g/mol. The molecule has 0 radical (unpaired) electrons. The van der Waals surface area contributed by atoms with E-state index in [1.54, 1.807) is 0 Å². The van der Waals surface area contributed by atoms with Crippen molar-refractivity contribution in [3.8, 4) is 0 Å². The molecule has 0 aromatic rings. The Kier molecular flexibility index (Phi) is 9.69. The highest BCUT2D eigenvalue weighted by atomic mass is 32.3. The molecule has 6 nitrogen and oxygen atoms in total. The molecule has 0 heterocycles. The molecule has 0 aliphatic rings. The number of hydrogen-bond donors (Lipinski definition) is 0. The summed E-state index contributed by atoms with van der Waals surface area (Å²) in [5.74, 6) is 0. The summed E-state index contributed by atoms with van der Waals surface area (Å²) in [7, 11) is -0.266. The Morgan fingerprint density at radius 3 is 2.00 bits per heavy atom. The molecule has 0 aliphatic carbocycles. The van der Waals surface area contributed by atoms with Crippen LogP contribution in [0.5, 0.6) is 0 Å². The lowest BCUT2D eigenvalue weighted by Gasteiger charge is -2.26. The normalized spacial score (nSPS) is 11.6. The molecule has 0 saturated carbocycles. The summed E-state index contributed by atoms with van der Waals surface area (Å²) in [6.45, 7) is 9.62. The Hall–Kier alpha value is -0.470. The maximum atomic E-state index is 9.49. The summed E-state index contributed by atoms with van der Waals surface area (Å²) in [4.78, 5) is 3.80.